The molecule has 0 aliphatic carbocycles. The molecule has 0 aliphatic heterocycles. The van der Waals surface area contributed by atoms with E-state index in [0.29, 0.717) is 17.0 Å². The molecule has 24 heavy (non-hydrogen) atoms. The van der Waals surface area contributed by atoms with Gasteiger partial charge in [-0.1, -0.05) is 19.9 Å². The maximum absolute atomic E-state index is 12.6. The van der Waals surface area contributed by atoms with Crippen LogP contribution >= 0.6 is 0 Å². The average Bonchev–Trinajstić information content (AvgIpc) is 2.77. The minimum atomic E-state index is -0.627. The number of nitrogens with one attached hydrogen (secondary N) is 1. The Kier molecular flexibility index (Phi) is 5.17. The van der Waals surface area contributed by atoms with E-state index < -0.39 is 11.7 Å². The quantitative estimate of drug-likeness (QED) is 0.675. The van der Waals surface area contributed by atoms with Crippen LogP contribution in [0.1, 0.15) is 52.9 Å². The van der Waals surface area contributed by atoms with Gasteiger partial charge in [-0.25, -0.2) is 0 Å². The third kappa shape index (κ3) is 3.37. The first-order chi connectivity index (χ1) is 11.2. The van der Waals surface area contributed by atoms with Crippen molar-refractivity contribution in [2.24, 2.45) is 13.0 Å². The third-order valence-corrected chi connectivity index (χ3v) is 4.24. The Hall–Kier alpha value is -2.50. The van der Waals surface area contributed by atoms with Gasteiger partial charge in [0.1, 0.15) is 0 Å². The summed E-state index contributed by atoms with van der Waals surface area (Å²) in [5.41, 5.74) is 3.38. The molecule has 1 N–H and O–H groups in total. The van der Waals surface area contributed by atoms with E-state index in [1.54, 1.807) is 31.8 Å². The van der Waals surface area contributed by atoms with Gasteiger partial charge in [-0.15, -0.1) is 0 Å². The van der Waals surface area contributed by atoms with Crippen LogP contribution in [0.2, 0.25) is 0 Å². The number of Topliss-reactive ketones (excluding diaryl/α,β-unsaturated/α-hetero) is 1. The first kappa shape index (κ1) is 17.8. The second-order valence-corrected chi connectivity index (χ2v) is 6.40. The molecule has 2 aromatic heterocycles. The number of aromatic nitrogens is 3. The molecule has 0 saturated heterocycles. The highest BCUT2D eigenvalue weighted by molar-refractivity contribution is 6.43. The van der Waals surface area contributed by atoms with E-state index in [1.807, 2.05) is 32.9 Å². The van der Waals surface area contributed by atoms with Gasteiger partial charge in [0, 0.05) is 18.9 Å². The molecule has 0 spiro atoms. The van der Waals surface area contributed by atoms with Crippen molar-refractivity contribution in [2.45, 2.75) is 40.7 Å². The second-order valence-electron chi connectivity index (χ2n) is 6.40. The predicted molar refractivity (Wildman–Crippen MR) is 91.7 cm³/mol. The highest BCUT2D eigenvalue weighted by Crippen LogP contribution is 2.23. The van der Waals surface area contributed by atoms with Crippen molar-refractivity contribution in [3.63, 3.8) is 0 Å². The predicted octanol–water partition coefficient (Wildman–Crippen LogP) is 2.44. The number of aryl methyl sites for hydroxylation is 3. The molecule has 0 aliphatic rings. The van der Waals surface area contributed by atoms with Gasteiger partial charge >= 0.3 is 0 Å². The lowest BCUT2D eigenvalue weighted by Gasteiger charge is -2.23. The van der Waals surface area contributed by atoms with Crippen molar-refractivity contribution in [1.29, 1.82) is 0 Å². The molecular weight excluding hydrogens is 304 g/mol. The molecule has 1 amide bonds. The molecular formula is C18H24N4O2. The Morgan fingerprint density at radius 2 is 1.88 bits per heavy atom. The van der Waals surface area contributed by atoms with Gasteiger partial charge in [-0.05, 0) is 38.3 Å². The summed E-state index contributed by atoms with van der Waals surface area (Å²) in [5.74, 6) is -1.08. The molecule has 0 saturated carbocycles. The van der Waals surface area contributed by atoms with Crippen molar-refractivity contribution in [1.82, 2.24) is 20.1 Å². The summed E-state index contributed by atoms with van der Waals surface area (Å²) in [5, 5.41) is 7.05. The monoisotopic (exact) mass is 328 g/mol. The lowest BCUT2D eigenvalue weighted by molar-refractivity contribution is -0.118. The van der Waals surface area contributed by atoms with Crippen LogP contribution in [-0.2, 0) is 11.8 Å². The van der Waals surface area contributed by atoms with Crippen LogP contribution in [0.25, 0.3) is 0 Å². The number of carbonyl (C=O) groups excluding carboxylic acids is 2. The van der Waals surface area contributed by atoms with Crippen LogP contribution in [0.5, 0.6) is 0 Å². The molecule has 0 radical (unpaired) electrons. The number of rotatable bonds is 5. The highest BCUT2D eigenvalue weighted by atomic mass is 16.2. The standard InChI is InChI=1S/C18H24N4O2/c1-10(2)15(16-11(3)8-7-9-19-16)20-18(24)17(23)14-12(4)21-22(6)13(14)5/h7-10,15H,1-6H3,(H,20,24)/t15-/m1/s1. The second kappa shape index (κ2) is 6.95. The van der Waals surface area contributed by atoms with Crippen molar-refractivity contribution in [3.05, 3.63) is 46.5 Å². The minimum absolute atomic E-state index is 0.103. The molecule has 0 fully saturated rings. The smallest absolute Gasteiger partial charge is 0.293 e. The summed E-state index contributed by atoms with van der Waals surface area (Å²) >= 11 is 0. The van der Waals surface area contributed by atoms with E-state index >= 15 is 0 Å². The number of hydrogen-bond donors (Lipinski definition) is 1. The fourth-order valence-corrected chi connectivity index (χ4v) is 2.80. The van der Waals surface area contributed by atoms with Crippen LogP contribution in [0, 0.1) is 26.7 Å². The fourth-order valence-electron chi connectivity index (χ4n) is 2.80. The van der Waals surface area contributed by atoms with E-state index in [1.165, 1.54) is 0 Å². The molecule has 0 unspecified atom stereocenters. The van der Waals surface area contributed by atoms with Crippen molar-refractivity contribution >= 4 is 11.7 Å². The van der Waals surface area contributed by atoms with E-state index in [4.69, 9.17) is 0 Å². The lowest BCUT2D eigenvalue weighted by Crippen LogP contribution is -2.37. The Bertz CT molecular complexity index is 777. The van der Waals surface area contributed by atoms with Crippen molar-refractivity contribution < 1.29 is 9.59 Å². The van der Waals surface area contributed by atoms with Crippen LogP contribution in [0.15, 0.2) is 18.3 Å². The topological polar surface area (TPSA) is 76.9 Å². The molecule has 128 valence electrons. The molecule has 0 aromatic carbocycles. The molecule has 1 atom stereocenters. The molecule has 2 rings (SSSR count). The van der Waals surface area contributed by atoms with E-state index in [9.17, 15) is 9.59 Å². The zero-order chi connectivity index (χ0) is 18.0. The number of carbonyl (C=O) groups is 2. The Labute approximate surface area is 142 Å². The number of nitrogens with zero attached hydrogens (tertiary/aromatic N) is 3. The lowest BCUT2D eigenvalue weighted by atomic mass is 9.96. The zero-order valence-electron chi connectivity index (χ0n) is 15.0. The summed E-state index contributed by atoms with van der Waals surface area (Å²) < 4.78 is 1.61. The Balaban J connectivity index is 2.29. The summed E-state index contributed by atoms with van der Waals surface area (Å²) in [6.45, 7) is 9.44. The van der Waals surface area contributed by atoms with Gasteiger partial charge in [-0.3, -0.25) is 19.3 Å². The maximum Gasteiger partial charge on any atom is 0.293 e. The maximum atomic E-state index is 12.6. The number of amides is 1. The minimum Gasteiger partial charge on any atom is -0.341 e. The number of ketones is 1. The molecule has 2 aromatic rings. The summed E-state index contributed by atoms with van der Waals surface area (Å²) in [6.07, 6.45) is 1.70. The van der Waals surface area contributed by atoms with Crippen LogP contribution in [0.3, 0.4) is 0 Å². The van der Waals surface area contributed by atoms with Gasteiger partial charge in [0.15, 0.2) is 0 Å². The van der Waals surface area contributed by atoms with Gasteiger partial charge in [0.25, 0.3) is 11.7 Å². The Morgan fingerprint density at radius 1 is 1.21 bits per heavy atom. The highest BCUT2D eigenvalue weighted by Gasteiger charge is 2.28. The van der Waals surface area contributed by atoms with Gasteiger partial charge in [-0.2, -0.15) is 5.10 Å². The summed E-state index contributed by atoms with van der Waals surface area (Å²) in [7, 11) is 1.76. The average molecular weight is 328 g/mol. The van der Waals surface area contributed by atoms with Crippen molar-refractivity contribution in [2.75, 3.05) is 0 Å². The van der Waals surface area contributed by atoms with E-state index in [0.717, 1.165) is 11.3 Å². The summed E-state index contributed by atoms with van der Waals surface area (Å²) in [4.78, 5) is 29.5. The molecule has 2 heterocycles. The number of hydrogen-bond acceptors (Lipinski definition) is 4. The van der Waals surface area contributed by atoms with Crippen LogP contribution in [0.4, 0.5) is 0 Å². The molecule has 0 bridgehead atoms. The normalized spacial score (nSPS) is 12.3. The van der Waals surface area contributed by atoms with Gasteiger partial charge < -0.3 is 5.32 Å². The Morgan fingerprint density at radius 3 is 2.38 bits per heavy atom. The molecule has 6 nitrogen and oxygen atoms in total. The first-order valence-electron chi connectivity index (χ1n) is 8.01. The van der Waals surface area contributed by atoms with Gasteiger partial charge in [0.2, 0.25) is 0 Å². The van der Waals surface area contributed by atoms with Crippen molar-refractivity contribution in [3.8, 4) is 0 Å². The number of pyridine rings is 1. The van der Waals surface area contributed by atoms with E-state index in [-0.39, 0.29) is 12.0 Å². The van der Waals surface area contributed by atoms with Crippen LogP contribution < -0.4 is 5.32 Å². The van der Waals surface area contributed by atoms with E-state index in [2.05, 4.69) is 15.4 Å². The van der Waals surface area contributed by atoms with Crippen LogP contribution in [-0.4, -0.2) is 26.5 Å². The first-order valence-corrected chi connectivity index (χ1v) is 8.01. The zero-order valence-corrected chi connectivity index (χ0v) is 15.0. The third-order valence-electron chi connectivity index (χ3n) is 4.24. The van der Waals surface area contributed by atoms with Gasteiger partial charge in [0.05, 0.1) is 23.0 Å². The molecule has 6 heteroatoms. The fraction of sp³-hybridized carbons (Fsp3) is 0.444. The summed E-state index contributed by atoms with van der Waals surface area (Å²) in [6, 6.07) is 3.48. The SMILES string of the molecule is Cc1cccnc1[C@H](NC(=O)C(=O)c1c(C)nn(C)c1C)C(C)C. The largest absolute Gasteiger partial charge is 0.341 e.